The third-order valence-corrected chi connectivity index (χ3v) is 4.78. The molecule has 140 valence electrons. The molecule has 1 aromatic heterocycles. The Morgan fingerprint density at radius 2 is 1.85 bits per heavy atom. The topological polar surface area (TPSA) is 89.1 Å². The molecule has 1 amide bonds. The Hall–Kier alpha value is -3.00. The first-order chi connectivity index (χ1) is 13.1. The van der Waals surface area contributed by atoms with E-state index in [1.54, 1.807) is 20.3 Å². The Morgan fingerprint density at radius 3 is 2.56 bits per heavy atom. The van der Waals surface area contributed by atoms with E-state index in [2.05, 4.69) is 20.5 Å². The number of nitrogens with zero attached hydrogens (tertiary/aromatic N) is 2. The van der Waals surface area contributed by atoms with Gasteiger partial charge in [0.2, 0.25) is 11.1 Å². The molecule has 0 radical (unpaired) electrons. The largest absolute Gasteiger partial charge is 0.497 e. The van der Waals surface area contributed by atoms with E-state index in [-0.39, 0.29) is 11.2 Å². The lowest BCUT2D eigenvalue weighted by Crippen LogP contribution is -2.22. The Kier molecular flexibility index (Phi) is 5.97. The number of H-pyrrole nitrogens is 1. The molecule has 1 atom stereocenters. The van der Waals surface area contributed by atoms with Crippen molar-refractivity contribution in [3.05, 3.63) is 48.5 Å². The predicted octanol–water partition coefficient (Wildman–Crippen LogP) is 3.61. The van der Waals surface area contributed by atoms with E-state index in [0.717, 1.165) is 11.3 Å². The summed E-state index contributed by atoms with van der Waals surface area (Å²) in [6.07, 6.45) is 0. The van der Waals surface area contributed by atoms with E-state index in [4.69, 9.17) is 9.47 Å². The molecule has 3 rings (SSSR count). The van der Waals surface area contributed by atoms with E-state index in [1.807, 2.05) is 49.4 Å². The van der Waals surface area contributed by atoms with Gasteiger partial charge in [0.25, 0.3) is 0 Å². The van der Waals surface area contributed by atoms with Gasteiger partial charge in [-0.05, 0) is 43.3 Å². The van der Waals surface area contributed by atoms with Crippen LogP contribution in [0.3, 0.4) is 0 Å². The van der Waals surface area contributed by atoms with Crippen molar-refractivity contribution in [2.75, 3.05) is 19.5 Å². The number of thioether (sulfide) groups is 1. The number of hydrogen-bond acceptors (Lipinski definition) is 6. The van der Waals surface area contributed by atoms with Crippen molar-refractivity contribution in [1.82, 2.24) is 15.2 Å². The van der Waals surface area contributed by atoms with Gasteiger partial charge in [-0.25, -0.2) is 4.98 Å². The molecule has 8 heteroatoms. The van der Waals surface area contributed by atoms with Crippen molar-refractivity contribution in [3.8, 4) is 22.9 Å². The molecular formula is C19H20N4O3S. The molecule has 0 spiro atoms. The van der Waals surface area contributed by atoms with E-state index in [1.165, 1.54) is 11.8 Å². The van der Waals surface area contributed by atoms with E-state index < -0.39 is 0 Å². The molecule has 0 fully saturated rings. The Labute approximate surface area is 161 Å². The Morgan fingerprint density at radius 1 is 1.11 bits per heavy atom. The van der Waals surface area contributed by atoms with Gasteiger partial charge in [0.15, 0.2) is 5.82 Å². The second-order valence-corrected chi connectivity index (χ2v) is 6.98. The second-order valence-electron chi connectivity index (χ2n) is 5.68. The summed E-state index contributed by atoms with van der Waals surface area (Å²) in [5.41, 5.74) is 1.57. The lowest BCUT2D eigenvalue weighted by atomic mass is 10.2. The average Bonchev–Trinajstić information content (AvgIpc) is 3.16. The zero-order valence-electron chi connectivity index (χ0n) is 15.2. The highest BCUT2D eigenvalue weighted by Crippen LogP contribution is 2.25. The van der Waals surface area contributed by atoms with E-state index >= 15 is 0 Å². The van der Waals surface area contributed by atoms with Crippen LogP contribution in [0.25, 0.3) is 11.4 Å². The van der Waals surface area contributed by atoms with Gasteiger partial charge in [0.1, 0.15) is 11.5 Å². The fourth-order valence-electron chi connectivity index (χ4n) is 2.33. The van der Waals surface area contributed by atoms with E-state index in [9.17, 15) is 4.79 Å². The number of amides is 1. The van der Waals surface area contributed by atoms with Crippen molar-refractivity contribution in [2.24, 2.45) is 0 Å². The summed E-state index contributed by atoms with van der Waals surface area (Å²) in [7, 11) is 3.21. The molecule has 0 bridgehead atoms. The summed E-state index contributed by atoms with van der Waals surface area (Å²) in [6.45, 7) is 1.81. The lowest BCUT2D eigenvalue weighted by Gasteiger charge is -2.10. The number of methoxy groups -OCH3 is 2. The van der Waals surface area contributed by atoms with Crippen LogP contribution in [0.2, 0.25) is 0 Å². The molecule has 3 aromatic rings. The normalized spacial score (nSPS) is 11.7. The minimum absolute atomic E-state index is 0.135. The summed E-state index contributed by atoms with van der Waals surface area (Å²) in [5, 5.41) is 10.1. The lowest BCUT2D eigenvalue weighted by molar-refractivity contribution is -0.115. The monoisotopic (exact) mass is 384 g/mol. The van der Waals surface area contributed by atoms with Crippen LogP contribution in [0.5, 0.6) is 11.5 Å². The molecular weight excluding hydrogens is 364 g/mol. The van der Waals surface area contributed by atoms with Gasteiger partial charge in [-0.15, -0.1) is 5.10 Å². The molecule has 0 saturated heterocycles. The molecule has 0 saturated carbocycles. The van der Waals surface area contributed by atoms with Gasteiger partial charge in [-0.3, -0.25) is 9.89 Å². The number of aromatic amines is 1. The van der Waals surface area contributed by atoms with Crippen molar-refractivity contribution in [2.45, 2.75) is 17.3 Å². The third-order valence-electron chi connectivity index (χ3n) is 3.82. The molecule has 0 unspecified atom stereocenters. The van der Waals surface area contributed by atoms with Crippen molar-refractivity contribution in [3.63, 3.8) is 0 Å². The molecule has 0 aliphatic carbocycles. The number of aromatic nitrogens is 3. The molecule has 0 aliphatic heterocycles. The van der Waals surface area contributed by atoms with Gasteiger partial charge in [-0.1, -0.05) is 17.8 Å². The number of benzene rings is 2. The van der Waals surface area contributed by atoms with E-state index in [0.29, 0.717) is 22.4 Å². The fourth-order valence-corrected chi connectivity index (χ4v) is 3.06. The van der Waals surface area contributed by atoms with Crippen LogP contribution < -0.4 is 14.8 Å². The van der Waals surface area contributed by atoms with Crippen LogP contribution in [0.4, 0.5) is 5.69 Å². The summed E-state index contributed by atoms with van der Waals surface area (Å²) in [5.74, 6) is 1.96. The number of ether oxygens (including phenoxy) is 2. The summed E-state index contributed by atoms with van der Waals surface area (Å²) in [6, 6.07) is 14.7. The van der Waals surface area contributed by atoms with Gasteiger partial charge in [0, 0.05) is 17.3 Å². The summed E-state index contributed by atoms with van der Waals surface area (Å²) >= 11 is 1.28. The number of hydrogen-bond donors (Lipinski definition) is 2. The van der Waals surface area contributed by atoms with Crippen LogP contribution in [0.15, 0.2) is 53.7 Å². The third kappa shape index (κ3) is 4.79. The van der Waals surface area contributed by atoms with Crippen molar-refractivity contribution >= 4 is 23.4 Å². The maximum absolute atomic E-state index is 12.4. The highest BCUT2D eigenvalue weighted by molar-refractivity contribution is 8.00. The molecule has 27 heavy (non-hydrogen) atoms. The molecule has 2 N–H and O–H groups in total. The average molecular weight is 384 g/mol. The predicted molar refractivity (Wildman–Crippen MR) is 105 cm³/mol. The summed E-state index contributed by atoms with van der Waals surface area (Å²) in [4.78, 5) is 16.9. The number of carbonyl (C=O) groups excluding carboxylic acids is 1. The van der Waals surface area contributed by atoms with Crippen LogP contribution in [0.1, 0.15) is 6.92 Å². The molecule has 1 heterocycles. The van der Waals surface area contributed by atoms with Crippen molar-refractivity contribution < 1.29 is 14.3 Å². The first-order valence-corrected chi connectivity index (χ1v) is 9.15. The van der Waals surface area contributed by atoms with Gasteiger partial charge >= 0.3 is 0 Å². The fraction of sp³-hybridized carbons (Fsp3) is 0.211. The highest BCUT2D eigenvalue weighted by atomic mass is 32.2. The minimum atomic E-state index is -0.365. The van der Waals surface area contributed by atoms with Gasteiger partial charge in [0.05, 0.1) is 19.5 Å². The van der Waals surface area contributed by atoms with Crippen LogP contribution in [0, 0.1) is 0 Å². The quantitative estimate of drug-likeness (QED) is 0.605. The van der Waals surface area contributed by atoms with Gasteiger partial charge < -0.3 is 14.8 Å². The standard InChI is InChI=1S/C19H20N4O3S/c1-12(18(24)20-14-5-4-6-16(11-14)26-3)27-19-21-17(22-23-19)13-7-9-15(25-2)10-8-13/h4-12H,1-3H3,(H,20,24)(H,21,22,23)/t12-/m0/s1. The Balaban J connectivity index is 1.62. The zero-order chi connectivity index (χ0) is 19.2. The number of carbonyl (C=O) groups is 1. The maximum Gasteiger partial charge on any atom is 0.237 e. The Bertz CT molecular complexity index is 911. The zero-order valence-corrected chi connectivity index (χ0v) is 16.0. The van der Waals surface area contributed by atoms with Crippen molar-refractivity contribution in [1.29, 1.82) is 0 Å². The first-order valence-electron chi connectivity index (χ1n) is 8.27. The molecule has 0 aliphatic rings. The second kappa shape index (κ2) is 8.59. The summed E-state index contributed by atoms with van der Waals surface area (Å²) < 4.78 is 10.3. The minimum Gasteiger partial charge on any atom is -0.497 e. The molecule has 7 nitrogen and oxygen atoms in total. The SMILES string of the molecule is COc1ccc(-c2nc(S[C@@H](C)C(=O)Nc3cccc(OC)c3)n[nH]2)cc1. The maximum atomic E-state index is 12.4. The highest BCUT2D eigenvalue weighted by Gasteiger charge is 2.18. The number of nitrogens with one attached hydrogen (secondary N) is 2. The first kappa shape index (κ1) is 18.8. The number of rotatable bonds is 7. The number of anilines is 1. The van der Waals surface area contributed by atoms with Crippen LogP contribution >= 0.6 is 11.8 Å². The van der Waals surface area contributed by atoms with Gasteiger partial charge in [-0.2, -0.15) is 0 Å². The van der Waals surface area contributed by atoms with Crippen LogP contribution in [-0.4, -0.2) is 40.6 Å². The smallest absolute Gasteiger partial charge is 0.237 e. The van der Waals surface area contributed by atoms with Crippen LogP contribution in [-0.2, 0) is 4.79 Å². The molecule has 2 aromatic carbocycles.